The summed E-state index contributed by atoms with van der Waals surface area (Å²) in [6, 6.07) is 0. The molecule has 0 aliphatic heterocycles. The zero-order chi connectivity index (χ0) is 33.5. The van der Waals surface area contributed by atoms with Crippen LogP contribution in [0.15, 0.2) is 0 Å². The monoisotopic (exact) mass is 665 g/mol. The summed E-state index contributed by atoms with van der Waals surface area (Å²) in [5.74, 6) is -1.18. The van der Waals surface area contributed by atoms with Crippen molar-refractivity contribution in [1.29, 1.82) is 0 Å². The van der Waals surface area contributed by atoms with Crippen LogP contribution < -0.4 is 34.7 Å². The Morgan fingerprint density at radius 1 is 0.500 bits per heavy atom. The van der Waals surface area contributed by atoms with Crippen molar-refractivity contribution in [2.24, 2.45) is 0 Å². The van der Waals surface area contributed by atoms with Gasteiger partial charge in [0.05, 0.1) is 6.61 Å². The molecule has 1 unspecified atom stereocenters. The van der Waals surface area contributed by atoms with Crippen molar-refractivity contribution in [3.05, 3.63) is 0 Å². The van der Waals surface area contributed by atoms with Crippen LogP contribution in [0.2, 0.25) is 0 Å². The van der Waals surface area contributed by atoms with Crippen LogP contribution in [0.5, 0.6) is 0 Å². The van der Waals surface area contributed by atoms with Gasteiger partial charge in [0, 0.05) is 12.4 Å². The van der Waals surface area contributed by atoms with Crippen molar-refractivity contribution in [3.63, 3.8) is 0 Å². The third-order valence-corrected chi connectivity index (χ3v) is 8.62. The second-order valence-corrected chi connectivity index (χ2v) is 13.3. The molecule has 0 aromatic carbocycles. The van der Waals surface area contributed by atoms with Crippen LogP contribution in [0.3, 0.4) is 0 Å². The van der Waals surface area contributed by atoms with E-state index in [2.05, 4.69) is 13.8 Å². The summed E-state index contributed by atoms with van der Waals surface area (Å²) in [5.41, 5.74) is 0. The molecule has 0 aromatic rings. The molecule has 0 fully saturated rings. The van der Waals surface area contributed by atoms with E-state index in [9.17, 15) is 14.7 Å². The number of aliphatic hydroxyl groups is 2. The number of aliphatic carboxylic acids is 1. The molecule has 270 valence electrons. The minimum atomic E-state index is -0.954. The van der Waals surface area contributed by atoms with Crippen molar-refractivity contribution >= 4 is 11.9 Å². The van der Waals surface area contributed by atoms with E-state index in [-0.39, 0.29) is 55.2 Å². The molecule has 0 bridgehead atoms. The fourth-order valence-corrected chi connectivity index (χ4v) is 5.60. The second-order valence-electron chi connectivity index (χ2n) is 13.3. The summed E-state index contributed by atoms with van der Waals surface area (Å²) < 4.78 is 4.86. The Kier molecular flexibility index (Phi) is 49.0. The quantitative estimate of drug-likeness (QED) is 0.0424. The maximum atomic E-state index is 11.4. The molecule has 0 aliphatic rings. The first-order chi connectivity index (χ1) is 22.0. The average molecular weight is 665 g/mol. The Labute approximate surface area is 308 Å². The van der Waals surface area contributed by atoms with E-state index in [1.165, 1.54) is 167 Å². The van der Waals surface area contributed by atoms with Gasteiger partial charge in [0.25, 0.3) is 0 Å². The summed E-state index contributed by atoms with van der Waals surface area (Å²) in [6.07, 6.45) is 38.9. The molecular formula is C39H77NaO6. The molecule has 0 heterocycles. The van der Waals surface area contributed by atoms with Crippen LogP contribution in [0, 0.1) is 0 Å². The van der Waals surface area contributed by atoms with E-state index in [1.54, 1.807) is 0 Å². The van der Waals surface area contributed by atoms with E-state index < -0.39 is 12.1 Å². The van der Waals surface area contributed by atoms with Gasteiger partial charge >= 0.3 is 35.5 Å². The van der Waals surface area contributed by atoms with Crippen molar-refractivity contribution in [2.45, 2.75) is 225 Å². The predicted octanol–water partition coefficient (Wildman–Crippen LogP) is 7.15. The number of carboxylic acid groups (broad SMARTS) is 1. The van der Waals surface area contributed by atoms with Gasteiger partial charge in [-0.25, -0.2) is 0 Å². The van der Waals surface area contributed by atoms with Crippen molar-refractivity contribution in [2.75, 3.05) is 13.2 Å². The molecule has 0 aliphatic carbocycles. The predicted molar refractivity (Wildman–Crippen MR) is 188 cm³/mol. The number of ether oxygens (including phenoxy) is 1. The number of aliphatic hydroxyl groups excluding tert-OH is 2. The van der Waals surface area contributed by atoms with Gasteiger partial charge in [0.2, 0.25) is 0 Å². The maximum absolute atomic E-state index is 11.4. The Morgan fingerprint density at radius 3 is 1.02 bits per heavy atom. The molecule has 0 spiro atoms. The van der Waals surface area contributed by atoms with Crippen LogP contribution in [0.4, 0.5) is 0 Å². The van der Waals surface area contributed by atoms with Crippen LogP contribution in [0.1, 0.15) is 219 Å². The van der Waals surface area contributed by atoms with E-state index in [4.69, 9.17) is 14.9 Å². The van der Waals surface area contributed by atoms with Crippen LogP contribution in [0.25, 0.3) is 0 Å². The summed E-state index contributed by atoms with van der Waals surface area (Å²) in [5, 5.41) is 27.9. The van der Waals surface area contributed by atoms with Crippen molar-refractivity contribution < 1.29 is 59.2 Å². The van der Waals surface area contributed by atoms with Gasteiger partial charge < -0.3 is 24.9 Å². The molecule has 2 N–H and O–H groups in total. The van der Waals surface area contributed by atoms with Gasteiger partial charge in [-0.2, -0.15) is 0 Å². The van der Waals surface area contributed by atoms with Gasteiger partial charge in [0.15, 0.2) is 0 Å². The third-order valence-electron chi connectivity index (χ3n) is 8.62. The standard InChI is InChI=1S/C21H42O4.C18H36O2.Na/c1-2-3-4-5-6-7-8-9-10-11-12-13-14-15-16-17-21(24)25-19-20(23)18-22;1-2-3-4-5-6-7-8-9-10-11-12-13-14-15-16-17-18(19)20;/h20,22-23H,2-19H2,1H3;2-17H2,1H3,(H,19,20);/q;;+1/p-1. The number of carboxylic acids is 1. The van der Waals surface area contributed by atoms with E-state index in [0.29, 0.717) is 6.42 Å². The zero-order valence-electron chi connectivity index (χ0n) is 31.1. The number of carbonyl (C=O) groups excluding carboxylic acids is 2. The van der Waals surface area contributed by atoms with E-state index >= 15 is 0 Å². The fraction of sp³-hybridized carbons (Fsp3) is 0.949. The van der Waals surface area contributed by atoms with Crippen molar-refractivity contribution in [3.8, 4) is 0 Å². The zero-order valence-corrected chi connectivity index (χ0v) is 33.1. The Morgan fingerprint density at radius 2 is 0.761 bits per heavy atom. The molecule has 0 amide bonds. The largest absolute Gasteiger partial charge is 1.00 e. The molecule has 0 saturated heterocycles. The molecule has 0 radical (unpaired) electrons. The number of rotatable bonds is 35. The summed E-state index contributed by atoms with van der Waals surface area (Å²) in [6.45, 7) is 4.06. The number of hydrogen-bond acceptors (Lipinski definition) is 6. The van der Waals surface area contributed by atoms with Gasteiger partial charge in [-0.05, 0) is 19.3 Å². The molecule has 0 saturated carbocycles. The van der Waals surface area contributed by atoms with Gasteiger partial charge in [0.1, 0.15) is 12.7 Å². The number of hydrogen-bond donors (Lipinski definition) is 2. The molecule has 7 heteroatoms. The number of carbonyl (C=O) groups is 2. The Hall–Kier alpha value is -0.140. The first kappa shape index (κ1) is 50.2. The fourth-order valence-electron chi connectivity index (χ4n) is 5.60. The molecular weight excluding hydrogens is 587 g/mol. The first-order valence-corrected chi connectivity index (χ1v) is 19.6. The first-order valence-electron chi connectivity index (χ1n) is 19.6. The van der Waals surface area contributed by atoms with Gasteiger partial charge in [-0.3, -0.25) is 4.79 Å². The molecule has 1 atom stereocenters. The van der Waals surface area contributed by atoms with Crippen LogP contribution in [-0.2, 0) is 14.3 Å². The Balaban J connectivity index is -0.000000806. The minimum absolute atomic E-state index is 0. The summed E-state index contributed by atoms with van der Waals surface area (Å²) >= 11 is 0. The van der Waals surface area contributed by atoms with Crippen molar-refractivity contribution in [1.82, 2.24) is 0 Å². The molecule has 0 rings (SSSR count). The van der Waals surface area contributed by atoms with E-state index in [1.807, 2.05) is 0 Å². The van der Waals surface area contributed by atoms with Crippen LogP contribution in [-0.4, -0.2) is 41.5 Å². The normalized spacial score (nSPS) is 11.4. The van der Waals surface area contributed by atoms with Crippen LogP contribution >= 0.6 is 0 Å². The SMILES string of the molecule is CCCCCCCCCCCCCCCCCC(=O)OCC(O)CO.CCCCCCCCCCCCCCCCCC(=O)[O-].[Na+]. The third kappa shape index (κ3) is 48.3. The topological polar surface area (TPSA) is 107 Å². The second kappa shape index (κ2) is 44.9. The van der Waals surface area contributed by atoms with Gasteiger partial charge in [-0.15, -0.1) is 0 Å². The molecule has 0 aromatic heterocycles. The van der Waals surface area contributed by atoms with E-state index in [0.717, 1.165) is 25.7 Å². The molecule has 46 heavy (non-hydrogen) atoms. The minimum Gasteiger partial charge on any atom is -0.550 e. The number of unbranched alkanes of at least 4 members (excludes halogenated alkanes) is 28. The number of esters is 1. The smallest absolute Gasteiger partial charge is 0.550 e. The summed E-state index contributed by atoms with van der Waals surface area (Å²) in [4.78, 5) is 21.6. The Bertz CT molecular complexity index is 589. The maximum Gasteiger partial charge on any atom is 1.00 e. The summed E-state index contributed by atoms with van der Waals surface area (Å²) in [7, 11) is 0. The molecule has 6 nitrogen and oxygen atoms in total. The average Bonchev–Trinajstić information content (AvgIpc) is 3.03. The van der Waals surface area contributed by atoms with Gasteiger partial charge in [-0.1, -0.05) is 194 Å².